The van der Waals surface area contributed by atoms with Gasteiger partial charge in [0.2, 0.25) is 5.95 Å². The van der Waals surface area contributed by atoms with Gasteiger partial charge < -0.3 is 10.2 Å². The van der Waals surface area contributed by atoms with E-state index in [9.17, 15) is 17.6 Å². The summed E-state index contributed by atoms with van der Waals surface area (Å²) >= 11 is 0. The molecular weight excluding hydrogens is 252 g/mol. The molecule has 1 aromatic rings. The van der Waals surface area contributed by atoms with E-state index in [-0.39, 0.29) is 11.8 Å². The fourth-order valence-electron chi connectivity index (χ4n) is 1.38. The molecule has 0 spiro atoms. The maximum absolute atomic E-state index is 13.5. The Kier molecular flexibility index (Phi) is 4.31. The summed E-state index contributed by atoms with van der Waals surface area (Å²) in [6.45, 7) is 1.81. The molecule has 18 heavy (non-hydrogen) atoms. The van der Waals surface area contributed by atoms with Gasteiger partial charge in [0.05, 0.1) is 6.20 Å². The van der Waals surface area contributed by atoms with Crippen molar-refractivity contribution < 1.29 is 17.6 Å². The Balaban J connectivity index is 3.12. The highest BCUT2D eigenvalue weighted by molar-refractivity contribution is 5.44. The Morgan fingerprint density at radius 1 is 1.39 bits per heavy atom. The normalized spacial score (nSPS) is 11.8. The van der Waals surface area contributed by atoms with Crippen molar-refractivity contribution in [1.29, 1.82) is 0 Å². The lowest BCUT2D eigenvalue weighted by molar-refractivity contribution is -0.120. The van der Waals surface area contributed by atoms with Gasteiger partial charge in [-0.05, 0) is 13.8 Å². The van der Waals surface area contributed by atoms with Gasteiger partial charge >= 0.3 is 6.18 Å². The van der Waals surface area contributed by atoms with Crippen LogP contribution in [0.2, 0.25) is 0 Å². The lowest BCUT2D eigenvalue weighted by Gasteiger charge is -2.29. The van der Waals surface area contributed by atoms with Crippen LogP contribution in [0.15, 0.2) is 6.20 Å². The smallest absolute Gasteiger partial charge is 0.357 e. The van der Waals surface area contributed by atoms with Crippen molar-refractivity contribution in [3.05, 3.63) is 12.0 Å². The van der Waals surface area contributed by atoms with E-state index in [0.717, 1.165) is 11.1 Å². The lowest BCUT2D eigenvalue weighted by Crippen LogP contribution is -2.40. The minimum atomic E-state index is -4.43. The lowest BCUT2D eigenvalue weighted by atomic mass is 10.3. The average Bonchev–Trinajstić information content (AvgIpc) is 2.25. The summed E-state index contributed by atoms with van der Waals surface area (Å²) in [5.41, 5.74) is 0. The van der Waals surface area contributed by atoms with Crippen molar-refractivity contribution in [3.8, 4) is 0 Å². The van der Waals surface area contributed by atoms with Crippen molar-refractivity contribution in [1.82, 2.24) is 9.97 Å². The topological polar surface area (TPSA) is 41.1 Å². The van der Waals surface area contributed by atoms with Gasteiger partial charge in [-0.25, -0.2) is 9.37 Å². The molecule has 0 aromatic carbocycles. The Labute approximate surface area is 102 Å². The number of hydrogen-bond acceptors (Lipinski definition) is 4. The zero-order valence-electron chi connectivity index (χ0n) is 10.2. The monoisotopic (exact) mass is 266 g/mol. The SMILES string of the molecule is CNc1ncc(F)c(N(CC(F)(F)F)C(C)C)n1. The van der Waals surface area contributed by atoms with Crippen LogP contribution in [0.3, 0.4) is 0 Å². The van der Waals surface area contributed by atoms with Crippen molar-refractivity contribution >= 4 is 11.8 Å². The Hall–Kier alpha value is -1.60. The summed E-state index contributed by atoms with van der Waals surface area (Å²) < 4.78 is 50.9. The maximum Gasteiger partial charge on any atom is 0.405 e. The Bertz CT molecular complexity index is 405. The van der Waals surface area contributed by atoms with Crippen molar-refractivity contribution in [2.45, 2.75) is 26.1 Å². The molecule has 102 valence electrons. The predicted octanol–water partition coefficient (Wildman–Crippen LogP) is 2.43. The summed E-state index contributed by atoms with van der Waals surface area (Å²) in [4.78, 5) is 8.16. The van der Waals surface area contributed by atoms with Gasteiger partial charge in [0.15, 0.2) is 11.6 Å². The third-order valence-electron chi connectivity index (χ3n) is 2.19. The van der Waals surface area contributed by atoms with E-state index in [1.807, 2.05) is 0 Å². The van der Waals surface area contributed by atoms with E-state index in [0.29, 0.717) is 0 Å². The van der Waals surface area contributed by atoms with Crippen LogP contribution in [0, 0.1) is 5.82 Å². The van der Waals surface area contributed by atoms with Gasteiger partial charge in [-0.15, -0.1) is 0 Å². The van der Waals surface area contributed by atoms with Crippen LogP contribution in [0.1, 0.15) is 13.8 Å². The van der Waals surface area contributed by atoms with Gasteiger partial charge in [-0.3, -0.25) is 0 Å². The first-order valence-electron chi connectivity index (χ1n) is 5.28. The first-order valence-corrected chi connectivity index (χ1v) is 5.28. The van der Waals surface area contributed by atoms with Crippen LogP contribution < -0.4 is 10.2 Å². The van der Waals surface area contributed by atoms with Crippen LogP contribution in [-0.2, 0) is 0 Å². The summed E-state index contributed by atoms with van der Waals surface area (Å²) in [5.74, 6) is -1.17. The number of aromatic nitrogens is 2. The van der Waals surface area contributed by atoms with Gasteiger partial charge in [0.1, 0.15) is 6.54 Å². The summed E-state index contributed by atoms with van der Waals surface area (Å²) in [6, 6.07) is -0.541. The molecule has 0 atom stereocenters. The number of nitrogens with zero attached hydrogens (tertiary/aromatic N) is 3. The molecule has 0 saturated heterocycles. The second-order valence-corrected chi connectivity index (χ2v) is 3.95. The van der Waals surface area contributed by atoms with Crippen molar-refractivity contribution in [2.75, 3.05) is 23.8 Å². The number of nitrogens with one attached hydrogen (secondary N) is 1. The molecule has 8 heteroatoms. The number of anilines is 2. The molecule has 0 unspecified atom stereocenters. The summed E-state index contributed by atoms with van der Waals surface area (Å²) in [7, 11) is 1.50. The molecule has 0 amide bonds. The second kappa shape index (κ2) is 5.36. The number of halogens is 4. The first kappa shape index (κ1) is 14.5. The van der Waals surface area contributed by atoms with Crippen LogP contribution in [0.25, 0.3) is 0 Å². The maximum atomic E-state index is 13.5. The van der Waals surface area contributed by atoms with Crippen LogP contribution in [0.4, 0.5) is 29.3 Å². The quantitative estimate of drug-likeness (QED) is 0.850. The number of alkyl halides is 3. The highest BCUT2D eigenvalue weighted by Crippen LogP contribution is 2.25. The molecule has 0 fully saturated rings. The first-order chi connectivity index (χ1) is 8.24. The molecule has 0 radical (unpaired) electrons. The molecule has 1 N–H and O–H groups in total. The van der Waals surface area contributed by atoms with Gasteiger partial charge in [-0.2, -0.15) is 18.2 Å². The standard InChI is InChI=1S/C10H14F4N4/c1-6(2)18(5-10(12,13)14)8-7(11)4-16-9(15-3)17-8/h4,6H,5H2,1-3H3,(H,15,16,17). The molecule has 0 aliphatic carbocycles. The molecule has 4 nitrogen and oxygen atoms in total. The minimum absolute atomic E-state index is 0.0687. The van der Waals surface area contributed by atoms with Gasteiger partial charge in [0.25, 0.3) is 0 Å². The van der Waals surface area contributed by atoms with Crippen molar-refractivity contribution in [2.24, 2.45) is 0 Å². The fourth-order valence-corrected chi connectivity index (χ4v) is 1.38. The molecule has 0 bridgehead atoms. The average molecular weight is 266 g/mol. The third-order valence-corrected chi connectivity index (χ3v) is 2.19. The fraction of sp³-hybridized carbons (Fsp3) is 0.600. The molecule has 1 heterocycles. The highest BCUT2D eigenvalue weighted by Gasteiger charge is 2.33. The molecule has 1 rings (SSSR count). The van der Waals surface area contributed by atoms with Crippen LogP contribution in [0.5, 0.6) is 0 Å². The van der Waals surface area contributed by atoms with E-state index in [2.05, 4.69) is 15.3 Å². The molecule has 1 aromatic heterocycles. The van der Waals surface area contributed by atoms with E-state index < -0.39 is 24.6 Å². The van der Waals surface area contributed by atoms with Crippen molar-refractivity contribution in [3.63, 3.8) is 0 Å². The highest BCUT2D eigenvalue weighted by atomic mass is 19.4. The second-order valence-electron chi connectivity index (χ2n) is 3.95. The predicted molar refractivity (Wildman–Crippen MR) is 60.1 cm³/mol. The van der Waals surface area contributed by atoms with Gasteiger partial charge in [-0.1, -0.05) is 0 Å². The zero-order valence-corrected chi connectivity index (χ0v) is 10.2. The summed E-state index contributed by atoms with van der Waals surface area (Å²) in [5, 5.41) is 2.55. The largest absolute Gasteiger partial charge is 0.405 e. The summed E-state index contributed by atoms with van der Waals surface area (Å²) in [6.07, 6.45) is -3.58. The van der Waals surface area contributed by atoms with E-state index >= 15 is 0 Å². The Morgan fingerprint density at radius 2 is 2.00 bits per heavy atom. The minimum Gasteiger partial charge on any atom is -0.357 e. The molecular formula is C10H14F4N4. The van der Waals surface area contributed by atoms with Crippen LogP contribution >= 0.6 is 0 Å². The van der Waals surface area contributed by atoms with E-state index in [1.165, 1.54) is 20.9 Å². The molecule has 0 aliphatic heterocycles. The third kappa shape index (κ3) is 3.71. The van der Waals surface area contributed by atoms with E-state index in [4.69, 9.17) is 0 Å². The number of rotatable bonds is 4. The number of hydrogen-bond donors (Lipinski definition) is 1. The zero-order chi connectivity index (χ0) is 13.9. The van der Waals surface area contributed by atoms with Crippen LogP contribution in [-0.4, -0.2) is 35.8 Å². The molecule has 0 saturated carbocycles. The Morgan fingerprint density at radius 3 is 2.44 bits per heavy atom. The molecule has 0 aliphatic rings. The van der Waals surface area contributed by atoms with E-state index in [1.54, 1.807) is 0 Å². The van der Waals surface area contributed by atoms with Gasteiger partial charge in [0, 0.05) is 13.1 Å².